The van der Waals surface area contributed by atoms with Crippen LogP contribution in [0.25, 0.3) is 11.0 Å². The lowest BCUT2D eigenvalue weighted by molar-refractivity contribution is -0.134. The van der Waals surface area contributed by atoms with E-state index < -0.39 is 23.9 Å². The van der Waals surface area contributed by atoms with Gasteiger partial charge in [0, 0.05) is 50.5 Å². The summed E-state index contributed by atoms with van der Waals surface area (Å²) in [5.74, 6) is -4.21. The molecule has 0 radical (unpaired) electrons. The molecule has 0 aliphatic carbocycles. The van der Waals surface area contributed by atoms with Crippen molar-refractivity contribution < 1.29 is 44.0 Å². The number of carboxylic acid groups (broad SMARTS) is 4. The van der Waals surface area contributed by atoms with E-state index in [1.165, 1.54) is 12.1 Å². The Balaban J connectivity index is 0.000000304. The summed E-state index contributed by atoms with van der Waals surface area (Å²) in [6, 6.07) is 15.0. The molecule has 0 saturated carbocycles. The Morgan fingerprint density at radius 1 is 0.780 bits per heavy atom. The van der Waals surface area contributed by atoms with Crippen molar-refractivity contribution >= 4 is 40.9 Å². The molecule has 1 aliphatic rings. The van der Waals surface area contributed by atoms with Crippen LogP contribution in [0, 0.1) is 5.82 Å². The van der Waals surface area contributed by atoms with Gasteiger partial charge in [0.25, 0.3) is 0 Å². The number of imidazole rings is 1. The number of hydrogen-bond donors (Lipinski definition) is 4. The number of rotatable bonds is 8. The van der Waals surface area contributed by atoms with Crippen LogP contribution in [0.2, 0.25) is 0 Å². The zero-order chi connectivity index (χ0) is 30.4. The summed E-state index contributed by atoms with van der Waals surface area (Å²) < 4.78 is 15.5. The van der Waals surface area contributed by atoms with Gasteiger partial charge in [-0.15, -0.1) is 0 Å². The number of carbonyl (C=O) groups is 4. The van der Waals surface area contributed by atoms with E-state index in [0.29, 0.717) is 30.8 Å². The molecule has 1 saturated heterocycles. The number of para-hydroxylation sites is 2. The first-order chi connectivity index (χ1) is 19.5. The van der Waals surface area contributed by atoms with Crippen molar-refractivity contribution in [3.05, 3.63) is 84.2 Å². The quantitative estimate of drug-likeness (QED) is 0.293. The first-order valence-corrected chi connectivity index (χ1v) is 12.4. The second-order valence-corrected chi connectivity index (χ2v) is 8.55. The Hall–Kier alpha value is -5.04. The number of piperazine rings is 1. The summed E-state index contributed by atoms with van der Waals surface area (Å²) in [6.45, 7) is 8.11. The molecule has 12 nitrogen and oxygen atoms in total. The monoisotopic (exact) mass is 570 g/mol. The third-order valence-electron chi connectivity index (χ3n) is 5.73. The number of fused-ring (bicyclic) bond motifs is 1. The lowest BCUT2D eigenvalue weighted by Crippen LogP contribution is -2.47. The number of nitrogens with zero attached hydrogens (tertiary/aromatic N) is 4. The Labute approximate surface area is 234 Å². The van der Waals surface area contributed by atoms with Crippen molar-refractivity contribution in [2.75, 3.05) is 37.6 Å². The van der Waals surface area contributed by atoms with Gasteiger partial charge >= 0.3 is 23.9 Å². The zero-order valence-electron chi connectivity index (χ0n) is 22.3. The third kappa shape index (κ3) is 11.3. The minimum absolute atomic E-state index is 0.199. The summed E-state index contributed by atoms with van der Waals surface area (Å²) in [7, 11) is 0. The summed E-state index contributed by atoms with van der Waals surface area (Å²) >= 11 is 0. The summed E-state index contributed by atoms with van der Waals surface area (Å²) in [4.78, 5) is 47.9. The predicted octanol–water partition coefficient (Wildman–Crippen LogP) is 2.79. The highest BCUT2D eigenvalue weighted by Crippen LogP contribution is 2.25. The molecule has 1 aromatic heterocycles. The van der Waals surface area contributed by atoms with Gasteiger partial charge in [-0.3, -0.25) is 0 Å². The fourth-order valence-electron chi connectivity index (χ4n) is 3.78. The van der Waals surface area contributed by atoms with E-state index >= 15 is 0 Å². The lowest BCUT2D eigenvalue weighted by Gasteiger charge is -2.34. The molecule has 4 rings (SSSR count). The van der Waals surface area contributed by atoms with Crippen molar-refractivity contribution in [2.45, 2.75) is 13.5 Å². The number of carboxylic acids is 4. The van der Waals surface area contributed by atoms with E-state index in [2.05, 4.69) is 33.4 Å². The average Bonchev–Trinajstić information content (AvgIpc) is 3.31. The first kappa shape index (κ1) is 32.2. The van der Waals surface area contributed by atoms with Crippen LogP contribution in [0.4, 0.5) is 10.3 Å². The molecule has 1 fully saturated rings. The van der Waals surface area contributed by atoms with Crippen LogP contribution in [-0.4, -0.2) is 91.5 Å². The molecule has 218 valence electrons. The maximum atomic E-state index is 13.2. The highest BCUT2D eigenvalue weighted by molar-refractivity contribution is 5.90. The maximum Gasteiger partial charge on any atom is 0.328 e. The highest BCUT2D eigenvalue weighted by Gasteiger charge is 2.21. The largest absolute Gasteiger partial charge is 0.478 e. The minimum Gasteiger partial charge on any atom is -0.478 e. The molecule has 4 N–H and O–H groups in total. The maximum absolute atomic E-state index is 13.2. The molecular formula is C28H31FN4O8. The van der Waals surface area contributed by atoms with E-state index in [1.54, 1.807) is 0 Å². The van der Waals surface area contributed by atoms with Crippen LogP contribution in [0.15, 0.2) is 72.8 Å². The van der Waals surface area contributed by atoms with Gasteiger partial charge < -0.3 is 34.8 Å². The van der Waals surface area contributed by atoms with Crippen LogP contribution in [0.5, 0.6) is 0 Å². The molecule has 0 spiro atoms. The average molecular weight is 571 g/mol. The number of anilines is 1. The zero-order valence-corrected chi connectivity index (χ0v) is 22.3. The molecule has 13 heteroatoms. The molecule has 0 unspecified atom stereocenters. The fraction of sp³-hybridized carbons (Fsp3) is 0.250. The Morgan fingerprint density at radius 2 is 1.27 bits per heavy atom. The molecule has 0 bridgehead atoms. The van der Waals surface area contributed by atoms with Gasteiger partial charge in [0.2, 0.25) is 5.95 Å². The second kappa shape index (κ2) is 16.2. The fourth-order valence-corrected chi connectivity index (χ4v) is 3.78. The van der Waals surface area contributed by atoms with E-state index in [9.17, 15) is 23.6 Å². The first-order valence-electron chi connectivity index (χ1n) is 12.4. The molecule has 2 heterocycles. The highest BCUT2D eigenvalue weighted by atomic mass is 19.1. The molecular weight excluding hydrogens is 539 g/mol. The normalized spacial score (nSPS) is 13.4. The van der Waals surface area contributed by atoms with Crippen molar-refractivity contribution in [3.63, 3.8) is 0 Å². The molecule has 0 amide bonds. The van der Waals surface area contributed by atoms with Crippen LogP contribution in [0.1, 0.15) is 12.5 Å². The number of aliphatic carboxylic acids is 4. The van der Waals surface area contributed by atoms with Crippen LogP contribution in [0.3, 0.4) is 0 Å². The van der Waals surface area contributed by atoms with Crippen LogP contribution in [-0.2, 0) is 25.7 Å². The van der Waals surface area contributed by atoms with Gasteiger partial charge in [0.1, 0.15) is 5.82 Å². The van der Waals surface area contributed by atoms with Crippen molar-refractivity contribution in [3.8, 4) is 0 Å². The number of benzene rings is 2. The molecule has 41 heavy (non-hydrogen) atoms. The minimum atomic E-state index is -1.26. The van der Waals surface area contributed by atoms with E-state index in [-0.39, 0.29) is 5.82 Å². The third-order valence-corrected chi connectivity index (χ3v) is 5.73. The van der Waals surface area contributed by atoms with Crippen molar-refractivity contribution in [2.24, 2.45) is 0 Å². The number of hydrogen-bond acceptors (Lipinski definition) is 7. The Morgan fingerprint density at radius 3 is 1.73 bits per heavy atom. The van der Waals surface area contributed by atoms with Gasteiger partial charge in [0.15, 0.2) is 0 Å². The molecule has 0 atom stereocenters. The lowest BCUT2D eigenvalue weighted by atomic mass is 10.2. The number of aromatic nitrogens is 2. The van der Waals surface area contributed by atoms with Gasteiger partial charge in [-0.05, 0) is 36.4 Å². The van der Waals surface area contributed by atoms with Crippen molar-refractivity contribution in [1.29, 1.82) is 0 Å². The molecule has 1 aliphatic heterocycles. The standard InChI is InChI=1S/C20H23FN4.2C4H4O4/c1-2-23-11-13-24(14-12-23)20-22-18-5-3-4-6-19(18)25(20)15-16-7-9-17(21)10-8-16;2*5-3(6)1-2-4(7)8/h3-10H,2,11-15H2,1H3;2*1-2H,(H,5,6)(H,7,8)/b;2*2-1+. The summed E-state index contributed by atoms with van der Waals surface area (Å²) in [6.07, 6.45) is 2.23. The number of likely N-dealkylation sites (N-methyl/N-ethyl adjacent to an activating group) is 1. The van der Waals surface area contributed by atoms with Gasteiger partial charge in [-0.25, -0.2) is 28.6 Å². The second-order valence-electron chi connectivity index (χ2n) is 8.55. The molecule has 2 aromatic carbocycles. The number of halogens is 1. The van der Waals surface area contributed by atoms with Gasteiger partial charge in [-0.1, -0.05) is 31.2 Å². The topological polar surface area (TPSA) is 174 Å². The van der Waals surface area contributed by atoms with E-state index in [0.717, 1.165) is 55.3 Å². The smallest absolute Gasteiger partial charge is 0.328 e. The van der Waals surface area contributed by atoms with E-state index in [1.807, 2.05) is 24.3 Å². The Kier molecular flexibility index (Phi) is 12.7. The Bertz CT molecular complexity index is 1330. The van der Waals surface area contributed by atoms with Gasteiger partial charge in [-0.2, -0.15) is 0 Å². The van der Waals surface area contributed by atoms with Crippen LogP contribution >= 0.6 is 0 Å². The van der Waals surface area contributed by atoms with E-state index in [4.69, 9.17) is 25.4 Å². The summed E-state index contributed by atoms with van der Waals surface area (Å²) in [5.41, 5.74) is 3.22. The van der Waals surface area contributed by atoms with Crippen molar-refractivity contribution in [1.82, 2.24) is 14.5 Å². The van der Waals surface area contributed by atoms with Crippen LogP contribution < -0.4 is 4.90 Å². The van der Waals surface area contributed by atoms with Gasteiger partial charge in [0.05, 0.1) is 17.6 Å². The summed E-state index contributed by atoms with van der Waals surface area (Å²) in [5, 5.41) is 31.2. The SMILES string of the molecule is CCN1CCN(c2nc3ccccc3n2Cc2ccc(F)cc2)CC1.O=C(O)/C=C/C(=O)O.O=C(O)/C=C/C(=O)O. The predicted molar refractivity (Wildman–Crippen MR) is 148 cm³/mol. The molecule has 3 aromatic rings.